The van der Waals surface area contributed by atoms with Crippen LogP contribution >= 0.6 is 0 Å². The standard InChI is InChI=1S/C13H16F2N2O3/c1-3-7(2)11(12(18)19)17-13(20)16-10-6-8(14)4-5-9(10)15/h4-7,11H,3H2,1-2H3,(H,18,19)(H2,16,17,20)/t7?,11-/m0/s1. The van der Waals surface area contributed by atoms with Crippen molar-refractivity contribution in [1.82, 2.24) is 5.32 Å². The highest BCUT2D eigenvalue weighted by molar-refractivity contribution is 5.92. The molecule has 5 nitrogen and oxygen atoms in total. The highest BCUT2D eigenvalue weighted by Gasteiger charge is 2.25. The van der Waals surface area contributed by atoms with Crippen molar-refractivity contribution in [2.45, 2.75) is 26.3 Å². The first-order valence-electron chi connectivity index (χ1n) is 6.10. The summed E-state index contributed by atoms with van der Waals surface area (Å²) in [5, 5.41) is 13.3. The lowest BCUT2D eigenvalue weighted by atomic mass is 9.99. The maximum atomic E-state index is 13.3. The largest absolute Gasteiger partial charge is 0.480 e. The highest BCUT2D eigenvalue weighted by Crippen LogP contribution is 2.15. The molecule has 20 heavy (non-hydrogen) atoms. The minimum Gasteiger partial charge on any atom is -0.480 e. The van der Waals surface area contributed by atoms with Crippen LogP contribution in [0.2, 0.25) is 0 Å². The SMILES string of the molecule is CCC(C)[C@H](NC(=O)Nc1cc(F)ccc1F)C(=O)O. The number of nitrogens with one attached hydrogen (secondary N) is 2. The molecule has 0 bridgehead atoms. The fourth-order valence-electron chi connectivity index (χ4n) is 1.58. The van der Waals surface area contributed by atoms with Crippen molar-refractivity contribution in [2.75, 3.05) is 5.32 Å². The van der Waals surface area contributed by atoms with E-state index in [2.05, 4.69) is 10.6 Å². The topological polar surface area (TPSA) is 78.4 Å². The first kappa shape index (κ1) is 15.9. The van der Waals surface area contributed by atoms with Crippen LogP contribution in [0.1, 0.15) is 20.3 Å². The van der Waals surface area contributed by atoms with E-state index in [1.807, 2.05) is 0 Å². The number of hydrogen-bond donors (Lipinski definition) is 3. The molecule has 0 radical (unpaired) electrons. The smallest absolute Gasteiger partial charge is 0.326 e. The molecule has 1 aromatic rings. The summed E-state index contributed by atoms with van der Waals surface area (Å²) in [7, 11) is 0. The van der Waals surface area contributed by atoms with E-state index >= 15 is 0 Å². The predicted octanol–water partition coefficient (Wildman–Crippen LogP) is 2.59. The molecule has 0 saturated carbocycles. The molecule has 2 atom stereocenters. The first-order chi connectivity index (χ1) is 9.35. The molecule has 0 aliphatic heterocycles. The molecule has 2 amide bonds. The number of carbonyl (C=O) groups excluding carboxylic acids is 1. The summed E-state index contributed by atoms with van der Waals surface area (Å²) in [4.78, 5) is 22.7. The molecular weight excluding hydrogens is 270 g/mol. The van der Waals surface area contributed by atoms with E-state index < -0.39 is 29.7 Å². The van der Waals surface area contributed by atoms with Gasteiger partial charge in [0.25, 0.3) is 0 Å². The van der Waals surface area contributed by atoms with Crippen molar-refractivity contribution in [3.05, 3.63) is 29.8 Å². The average Bonchev–Trinajstić information content (AvgIpc) is 2.39. The van der Waals surface area contributed by atoms with Crippen LogP contribution in [-0.2, 0) is 4.79 Å². The molecular formula is C13H16F2N2O3. The van der Waals surface area contributed by atoms with Crippen LogP contribution in [0.15, 0.2) is 18.2 Å². The third-order valence-corrected chi connectivity index (χ3v) is 2.94. The molecule has 0 aromatic heterocycles. The third-order valence-electron chi connectivity index (χ3n) is 2.94. The van der Waals surface area contributed by atoms with Gasteiger partial charge in [-0.2, -0.15) is 0 Å². The second kappa shape index (κ2) is 6.83. The quantitative estimate of drug-likeness (QED) is 0.778. The number of rotatable bonds is 5. The van der Waals surface area contributed by atoms with E-state index in [4.69, 9.17) is 5.11 Å². The fraction of sp³-hybridized carbons (Fsp3) is 0.385. The number of benzene rings is 1. The Morgan fingerprint density at radius 3 is 2.55 bits per heavy atom. The summed E-state index contributed by atoms with van der Waals surface area (Å²) >= 11 is 0. The van der Waals surface area contributed by atoms with Crippen molar-refractivity contribution in [3.8, 4) is 0 Å². The van der Waals surface area contributed by atoms with Crippen molar-refractivity contribution >= 4 is 17.7 Å². The predicted molar refractivity (Wildman–Crippen MR) is 69.4 cm³/mol. The lowest BCUT2D eigenvalue weighted by molar-refractivity contribution is -0.140. The fourth-order valence-corrected chi connectivity index (χ4v) is 1.58. The lowest BCUT2D eigenvalue weighted by Gasteiger charge is -2.20. The molecule has 0 aliphatic carbocycles. The van der Waals surface area contributed by atoms with Crippen LogP contribution in [0.4, 0.5) is 19.3 Å². The van der Waals surface area contributed by atoms with Gasteiger partial charge in [-0.3, -0.25) is 0 Å². The number of carboxylic acid groups (broad SMARTS) is 1. The highest BCUT2D eigenvalue weighted by atomic mass is 19.1. The minimum atomic E-state index is -1.19. The third kappa shape index (κ3) is 4.18. The number of carbonyl (C=O) groups is 2. The van der Waals surface area contributed by atoms with E-state index in [9.17, 15) is 18.4 Å². The summed E-state index contributed by atoms with van der Waals surface area (Å²) < 4.78 is 26.3. The van der Waals surface area contributed by atoms with E-state index in [0.29, 0.717) is 6.42 Å². The molecule has 3 N–H and O–H groups in total. The summed E-state index contributed by atoms with van der Waals surface area (Å²) in [6, 6.07) is 0.596. The van der Waals surface area contributed by atoms with E-state index in [-0.39, 0.29) is 11.6 Å². The first-order valence-corrected chi connectivity index (χ1v) is 6.10. The van der Waals surface area contributed by atoms with Crippen LogP contribution in [0.25, 0.3) is 0 Å². The van der Waals surface area contributed by atoms with Crippen molar-refractivity contribution in [3.63, 3.8) is 0 Å². The van der Waals surface area contributed by atoms with Gasteiger partial charge in [-0.15, -0.1) is 0 Å². The Bertz CT molecular complexity index is 508. The summed E-state index contributed by atoms with van der Waals surface area (Å²) in [6.45, 7) is 3.45. The zero-order valence-electron chi connectivity index (χ0n) is 11.1. The lowest BCUT2D eigenvalue weighted by Crippen LogP contribution is -2.46. The number of hydrogen-bond acceptors (Lipinski definition) is 2. The monoisotopic (exact) mass is 286 g/mol. The number of aliphatic carboxylic acids is 1. The van der Waals surface area contributed by atoms with E-state index in [0.717, 1.165) is 18.2 Å². The van der Waals surface area contributed by atoms with E-state index in [1.54, 1.807) is 13.8 Å². The Morgan fingerprint density at radius 1 is 1.35 bits per heavy atom. The maximum Gasteiger partial charge on any atom is 0.326 e. The van der Waals surface area contributed by atoms with Gasteiger partial charge in [0.15, 0.2) is 0 Å². The normalized spacial score (nSPS) is 13.4. The Labute approximate surface area is 115 Å². The molecule has 7 heteroatoms. The number of carboxylic acids is 1. The van der Waals surface area contributed by atoms with Gasteiger partial charge in [0, 0.05) is 6.07 Å². The molecule has 0 aliphatic rings. The minimum absolute atomic E-state index is 0.296. The van der Waals surface area contributed by atoms with Crippen molar-refractivity contribution in [2.24, 2.45) is 5.92 Å². The average molecular weight is 286 g/mol. The molecule has 110 valence electrons. The van der Waals surface area contributed by atoms with Gasteiger partial charge in [-0.1, -0.05) is 20.3 Å². The Hall–Kier alpha value is -2.18. The van der Waals surface area contributed by atoms with Crippen LogP contribution in [-0.4, -0.2) is 23.1 Å². The summed E-state index contributed by atoms with van der Waals surface area (Å²) in [6.07, 6.45) is 0.547. The Kier molecular flexibility index (Phi) is 5.42. The van der Waals surface area contributed by atoms with Gasteiger partial charge in [0.1, 0.15) is 17.7 Å². The Balaban J connectivity index is 2.75. The van der Waals surface area contributed by atoms with Crippen LogP contribution in [0.5, 0.6) is 0 Å². The maximum absolute atomic E-state index is 13.3. The van der Waals surface area contributed by atoms with Crippen LogP contribution in [0, 0.1) is 17.6 Å². The Morgan fingerprint density at radius 2 is 2.00 bits per heavy atom. The second-order valence-electron chi connectivity index (χ2n) is 4.42. The molecule has 0 saturated heterocycles. The van der Waals surface area contributed by atoms with Gasteiger partial charge in [0.05, 0.1) is 5.69 Å². The van der Waals surface area contributed by atoms with Gasteiger partial charge in [-0.05, 0) is 18.1 Å². The molecule has 0 heterocycles. The zero-order valence-corrected chi connectivity index (χ0v) is 11.1. The number of urea groups is 1. The second-order valence-corrected chi connectivity index (χ2v) is 4.42. The summed E-state index contributed by atoms with van der Waals surface area (Å²) in [5.74, 6) is -3.00. The van der Waals surface area contributed by atoms with E-state index in [1.165, 1.54) is 0 Å². The van der Waals surface area contributed by atoms with Gasteiger partial charge < -0.3 is 15.7 Å². The number of amides is 2. The van der Waals surface area contributed by atoms with Gasteiger partial charge in [0.2, 0.25) is 0 Å². The molecule has 0 spiro atoms. The molecule has 1 unspecified atom stereocenters. The number of halogens is 2. The molecule has 0 fully saturated rings. The molecule has 1 aromatic carbocycles. The summed E-state index contributed by atoms with van der Waals surface area (Å²) in [5.41, 5.74) is -0.351. The molecule has 1 rings (SSSR count). The van der Waals surface area contributed by atoms with Crippen LogP contribution in [0.3, 0.4) is 0 Å². The van der Waals surface area contributed by atoms with Crippen LogP contribution < -0.4 is 10.6 Å². The van der Waals surface area contributed by atoms with Gasteiger partial charge >= 0.3 is 12.0 Å². The zero-order chi connectivity index (χ0) is 15.3. The van der Waals surface area contributed by atoms with Gasteiger partial charge in [-0.25, -0.2) is 18.4 Å². The van der Waals surface area contributed by atoms with Crippen molar-refractivity contribution in [1.29, 1.82) is 0 Å². The number of anilines is 1. The van der Waals surface area contributed by atoms with Crippen molar-refractivity contribution < 1.29 is 23.5 Å².